The summed E-state index contributed by atoms with van der Waals surface area (Å²) in [6.07, 6.45) is 0. The quantitative estimate of drug-likeness (QED) is 0.446. The summed E-state index contributed by atoms with van der Waals surface area (Å²) in [5.41, 5.74) is 4.70. The predicted octanol–water partition coefficient (Wildman–Crippen LogP) is -0.555. The Labute approximate surface area is 97.7 Å². The van der Waals surface area contributed by atoms with Crippen LogP contribution in [0.15, 0.2) is 12.1 Å². The van der Waals surface area contributed by atoms with Crippen molar-refractivity contribution >= 4 is 23.1 Å². The molecule has 0 bridgehead atoms. The normalized spacial score (nSPS) is 11.5. The zero-order valence-corrected chi connectivity index (χ0v) is 9.28. The molecule has 90 valence electrons. The van der Waals surface area contributed by atoms with E-state index in [-0.39, 0.29) is 11.0 Å². The van der Waals surface area contributed by atoms with Gasteiger partial charge in [-0.3, -0.25) is 0 Å². The molecule has 0 spiro atoms. The topological polar surface area (TPSA) is 112 Å². The van der Waals surface area contributed by atoms with E-state index in [0.29, 0.717) is 5.69 Å². The van der Waals surface area contributed by atoms with E-state index in [1.807, 2.05) is 0 Å². The van der Waals surface area contributed by atoms with Crippen molar-refractivity contribution in [2.45, 2.75) is 5.54 Å². The Morgan fingerprint density at radius 3 is 2.25 bits per heavy atom. The molecule has 16 heavy (non-hydrogen) atoms. The lowest BCUT2D eigenvalue weighted by molar-refractivity contribution is 0.0831. The van der Waals surface area contributed by atoms with E-state index in [1.165, 1.54) is 12.1 Å². The van der Waals surface area contributed by atoms with Crippen LogP contribution in [0.4, 0.5) is 11.5 Å². The number of anilines is 2. The molecule has 1 aromatic rings. The fourth-order valence-corrected chi connectivity index (χ4v) is 1.34. The van der Waals surface area contributed by atoms with Crippen molar-refractivity contribution in [3.63, 3.8) is 0 Å². The Bertz CT molecular complexity index is 329. The summed E-state index contributed by atoms with van der Waals surface area (Å²) in [6.45, 7) is -1.35. The number of nitrogens with one attached hydrogen (secondary N) is 1. The van der Waals surface area contributed by atoms with E-state index in [0.717, 1.165) is 0 Å². The number of hydrogen-bond acceptors (Lipinski definition) is 6. The Hall–Kier alpha value is -1.08. The van der Waals surface area contributed by atoms with Crippen LogP contribution in [0.3, 0.4) is 0 Å². The van der Waals surface area contributed by atoms with Crippen LogP contribution in [0.2, 0.25) is 5.15 Å². The van der Waals surface area contributed by atoms with Crippen LogP contribution in [0.25, 0.3) is 0 Å². The van der Waals surface area contributed by atoms with Crippen LogP contribution in [-0.2, 0) is 0 Å². The highest BCUT2D eigenvalue weighted by atomic mass is 35.5. The first-order valence-electron chi connectivity index (χ1n) is 4.59. The molecule has 0 atom stereocenters. The number of halogens is 1. The molecule has 0 saturated heterocycles. The summed E-state index contributed by atoms with van der Waals surface area (Å²) in [6, 6.07) is 2.95. The van der Waals surface area contributed by atoms with E-state index in [4.69, 9.17) is 32.7 Å². The molecule has 6 nitrogen and oxygen atoms in total. The number of rotatable bonds is 5. The molecule has 0 aliphatic carbocycles. The van der Waals surface area contributed by atoms with E-state index < -0.39 is 25.4 Å². The van der Waals surface area contributed by atoms with Crippen molar-refractivity contribution < 1.29 is 15.3 Å². The highest BCUT2D eigenvalue weighted by Gasteiger charge is 2.28. The van der Waals surface area contributed by atoms with Crippen molar-refractivity contribution in [3.8, 4) is 0 Å². The molecule has 1 rings (SSSR count). The molecule has 7 heteroatoms. The van der Waals surface area contributed by atoms with Crippen LogP contribution >= 0.6 is 11.6 Å². The summed E-state index contributed by atoms with van der Waals surface area (Å²) in [4.78, 5) is 3.90. The Balaban J connectivity index is 2.93. The molecule has 0 radical (unpaired) electrons. The van der Waals surface area contributed by atoms with E-state index >= 15 is 0 Å². The summed E-state index contributed by atoms with van der Waals surface area (Å²) >= 11 is 5.69. The second kappa shape index (κ2) is 5.31. The first-order valence-corrected chi connectivity index (χ1v) is 4.97. The largest absolute Gasteiger partial charge is 0.399 e. The van der Waals surface area contributed by atoms with Gasteiger partial charge in [0.25, 0.3) is 0 Å². The fourth-order valence-electron chi connectivity index (χ4n) is 1.12. The average molecular weight is 248 g/mol. The number of aliphatic hydroxyl groups excluding tert-OH is 3. The fraction of sp³-hybridized carbons (Fsp3) is 0.444. The average Bonchev–Trinajstić information content (AvgIpc) is 2.25. The Morgan fingerprint density at radius 2 is 1.81 bits per heavy atom. The van der Waals surface area contributed by atoms with Gasteiger partial charge in [0.2, 0.25) is 0 Å². The van der Waals surface area contributed by atoms with Gasteiger partial charge in [-0.25, -0.2) is 4.98 Å². The maximum absolute atomic E-state index is 9.10. The molecule has 6 N–H and O–H groups in total. The molecule has 0 amide bonds. The Kier molecular flexibility index (Phi) is 4.31. The van der Waals surface area contributed by atoms with Gasteiger partial charge in [0.1, 0.15) is 16.5 Å². The standard InChI is InChI=1S/C9H14ClN3O3/c10-7-1-6(11)2-8(12-7)13-9(3-14,4-15)5-16/h1-2,14-16H,3-5H2,(H3,11,12,13). The van der Waals surface area contributed by atoms with Gasteiger partial charge in [0.15, 0.2) is 0 Å². The molecule has 0 unspecified atom stereocenters. The van der Waals surface area contributed by atoms with E-state index in [9.17, 15) is 0 Å². The number of hydrogen-bond donors (Lipinski definition) is 5. The lowest BCUT2D eigenvalue weighted by atomic mass is 10.0. The highest BCUT2D eigenvalue weighted by molar-refractivity contribution is 6.29. The first kappa shape index (κ1) is 13.0. The molecule has 0 fully saturated rings. The minimum Gasteiger partial charge on any atom is -0.399 e. The Morgan fingerprint density at radius 1 is 1.25 bits per heavy atom. The van der Waals surface area contributed by atoms with Gasteiger partial charge >= 0.3 is 0 Å². The second-order valence-electron chi connectivity index (χ2n) is 3.49. The molecular weight excluding hydrogens is 234 g/mol. The van der Waals surface area contributed by atoms with Crippen LogP contribution in [0, 0.1) is 0 Å². The molecule has 1 aromatic heterocycles. The maximum Gasteiger partial charge on any atom is 0.133 e. The summed E-state index contributed by atoms with van der Waals surface area (Å²) < 4.78 is 0. The van der Waals surface area contributed by atoms with Crippen LogP contribution in [0.5, 0.6) is 0 Å². The van der Waals surface area contributed by atoms with Crippen molar-refractivity contribution in [2.24, 2.45) is 0 Å². The maximum atomic E-state index is 9.10. The van der Waals surface area contributed by atoms with Gasteiger partial charge in [-0.1, -0.05) is 11.6 Å². The SMILES string of the molecule is Nc1cc(Cl)nc(NC(CO)(CO)CO)c1. The number of nitrogen functional groups attached to an aromatic ring is 1. The van der Waals surface area contributed by atoms with Crippen LogP contribution in [-0.4, -0.2) is 45.7 Å². The minimum atomic E-state index is -1.25. The lowest BCUT2D eigenvalue weighted by Gasteiger charge is -2.29. The number of aliphatic hydroxyl groups is 3. The van der Waals surface area contributed by atoms with Gasteiger partial charge in [-0.05, 0) is 6.07 Å². The zero-order valence-electron chi connectivity index (χ0n) is 8.52. The van der Waals surface area contributed by atoms with Gasteiger partial charge in [-0.15, -0.1) is 0 Å². The molecule has 1 heterocycles. The van der Waals surface area contributed by atoms with E-state index in [1.54, 1.807) is 0 Å². The molecule has 0 saturated carbocycles. The third-order valence-electron chi connectivity index (χ3n) is 2.12. The summed E-state index contributed by atoms with van der Waals surface area (Å²) in [5.74, 6) is 0.280. The second-order valence-corrected chi connectivity index (χ2v) is 3.88. The van der Waals surface area contributed by atoms with Crippen molar-refractivity contribution in [3.05, 3.63) is 17.3 Å². The third-order valence-corrected chi connectivity index (χ3v) is 2.31. The lowest BCUT2D eigenvalue weighted by Crippen LogP contribution is -2.49. The van der Waals surface area contributed by atoms with Crippen molar-refractivity contribution in [1.29, 1.82) is 0 Å². The minimum absolute atomic E-state index is 0.185. The number of nitrogens with two attached hydrogens (primary N) is 1. The monoisotopic (exact) mass is 247 g/mol. The summed E-state index contributed by atoms with van der Waals surface area (Å²) in [7, 11) is 0. The van der Waals surface area contributed by atoms with Gasteiger partial charge in [0.05, 0.1) is 19.8 Å². The smallest absolute Gasteiger partial charge is 0.133 e. The zero-order chi connectivity index (χ0) is 12.2. The van der Waals surface area contributed by atoms with Crippen LogP contribution < -0.4 is 11.1 Å². The molecule has 0 aromatic carbocycles. The van der Waals surface area contributed by atoms with Crippen LogP contribution in [0.1, 0.15) is 0 Å². The third kappa shape index (κ3) is 2.96. The van der Waals surface area contributed by atoms with Gasteiger partial charge < -0.3 is 26.4 Å². The molecular formula is C9H14ClN3O3. The number of nitrogens with zero attached hydrogens (tertiary/aromatic N) is 1. The number of aromatic nitrogens is 1. The summed E-state index contributed by atoms with van der Waals surface area (Å²) in [5, 5.41) is 30.2. The van der Waals surface area contributed by atoms with Crippen molar-refractivity contribution in [2.75, 3.05) is 30.9 Å². The number of pyridine rings is 1. The van der Waals surface area contributed by atoms with Crippen molar-refractivity contribution in [1.82, 2.24) is 4.98 Å². The predicted molar refractivity (Wildman–Crippen MR) is 61.3 cm³/mol. The molecule has 0 aliphatic heterocycles. The first-order chi connectivity index (χ1) is 7.55. The molecule has 0 aliphatic rings. The van der Waals surface area contributed by atoms with Gasteiger partial charge in [-0.2, -0.15) is 0 Å². The van der Waals surface area contributed by atoms with E-state index in [2.05, 4.69) is 10.3 Å². The van der Waals surface area contributed by atoms with Gasteiger partial charge in [0, 0.05) is 11.8 Å². The highest BCUT2D eigenvalue weighted by Crippen LogP contribution is 2.19.